The van der Waals surface area contributed by atoms with Gasteiger partial charge < -0.3 is 24.8 Å². The first-order valence-electron chi connectivity index (χ1n) is 9.12. The monoisotopic (exact) mass is 411 g/mol. The summed E-state index contributed by atoms with van der Waals surface area (Å²) in [5.74, 6) is 0.905. The van der Waals surface area contributed by atoms with E-state index in [2.05, 4.69) is 4.98 Å². The average Bonchev–Trinajstić information content (AvgIpc) is 2.74. The summed E-state index contributed by atoms with van der Waals surface area (Å²) in [6, 6.07) is 16.1. The van der Waals surface area contributed by atoms with Gasteiger partial charge >= 0.3 is 6.09 Å². The van der Waals surface area contributed by atoms with Crippen LogP contribution in [0.4, 0.5) is 15.0 Å². The summed E-state index contributed by atoms with van der Waals surface area (Å²) < 4.78 is 29.9. The van der Waals surface area contributed by atoms with E-state index in [9.17, 15) is 9.18 Å². The van der Waals surface area contributed by atoms with Crippen LogP contribution >= 0.6 is 0 Å². The summed E-state index contributed by atoms with van der Waals surface area (Å²) >= 11 is 0. The van der Waals surface area contributed by atoms with Crippen LogP contribution in [-0.4, -0.2) is 25.3 Å². The zero-order valence-corrected chi connectivity index (χ0v) is 16.7. The summed E-state index contributed by atoms with van der Waals surface area (Å²) in [6.45, 7) is 0.798. The Labute approximate surface area is 173 Å². The van der Waals surface area contributed by atoms with Gasteiger partial charge in [-0.2, -0.15) is 0 Å². The third-order valence-corrected chi connectivity index (χ3v) is 4.38. The molecule has 0 aliphatic heterocycles. The molecule has 1 aromatic heterocycles. The Kier molecular flexibility index (Phi) is 6.69. The molecule has 156 valence electrons. The lowest BCUT2D eigenvalue weighted by Crippen LogP contribution is -2.24. The molecule has 0 fully saturated rings. The third-order valence-electron chi connectivity index (χ3n) is 4.38. The van der Waals surface area contributed by atoms with E-state index in [0.717, 1.165) is 28.7 Å². The topological polar surface area (TPSA) is 86.9 Å². The fraction of sp³-hybridized carbons (Fsp3) is 0.182. The summed E-state index contributed by atoms with van der Waals surface area (Å²) in [5.41, 5.74) is 6.88. The van der Waals surface area contributed by atoms with Gasteiger partial charge in [0.05, 0.1) is 20.4 Å². The predicted octanol–water partition coefficient (Wildman–Crippen LogP) is 3.90. The summed E-state index contributed by atoms with van der Waals surface area (Å²) in [4.78, 5) is 16.8. The van der Waals surface area contributed by atoms with E-state index in [1.165, 1.54) is 6.20 Å². The van der Waals surface area contributed by atoms with Crippen LogP contribution in [0.2, 0.25) is 0 Å². The van der Waals surface area contributed by atoms with Gasteiger partial charge in [-0.1, -0.05) is 24.3 Å². The van der Waals surface area contributed by atoms with Crippen molar-refractivity contribution in [2.45, 2.75) is 13.1 Å². The number of nitrogens with two attached hydrogens (primary N) is 1. The number of nitrogens with zero attached hydrogens (tertiary/aromatic N) is 2. The van der Waals surface area contributed by atoms with Crippen molar-refractivity contribution in [2.24, 2.45) is 5.73 Å². The van der Waals surface area contributed by atoms with Gasteiger partial charge in [0, 0.05) is 19.2 Å². The number of pyridine rings is 1. The molecule has 0 aliphatic carbocycles. The number of benzene rings is 2. The molecule has 0 aliphatic rings. The van der Waals surface area contributed by atoms with Gasteiger partial charge in [-0.05, 0) is 35.4 Å². The number of methoxy groups -OCH3 is 2. The number of anilines is 1. The van der Waals surface area contributed by atoms with E-state index in [1.54, 1.807) is 19.1 Å². The number of amides is 1. The first-order valence-corrected chi connectivity index (χ1v) is 9.12. The number of carbonyl (C=O) groups excluding carboxylic acids is 1. The molecule has 3 aromatic rings. The molecular weight excluding hydrogens is 389 g/mol. The fourth-order valence-electron chi connectivity index (χ4n) is 2.93. The van der Waals surface area contributed by atoms with Gasteiger partial charge in [0.25, 0.3) is 0 Å². The molecule has 2 N–H and O–H groups in total. The van der Waals surface area contributed by atoms with Crippen molar-refractivity contribution in [3.8, 4) is 17.2 Å². The second kappa shape index (κ2) is 9.60. The molecule has 0 saturated carbocycles. The molecule has 0 unspecified atom stereocenters. The molecule has 0 spiro atoms. The first kappa shape index (κ1) is 20.9. The van der Waals surface area contributed by atoms with Crippen molar-refractivity contribution in [2.75, 3.05) is 19.1 Å². The Morgan fingerprint density at radius 3 is 1.83 bits per heavy atom. The van der Waals surface area contributed by atoms with E-state index in [0.29, 0.717) is 13.1 Å². The van der Waals surface area contributed by atoms with Crippen LogP contribution < -0.4 is 24.8 Å². The third kappa shape index (κ3) is 5.38. The first-order chi connectivity index (χ1) is 14.5. The Balaban J connectivity index is 1.89. The Bertz CT molecular complexity index is 945. The number of carbonyl (C=O) groups is 1. The second-order valence-corrected chi connectivity index (χ2v) is 6.45. The summed E-state index contributed by atoms with van der Waals surface area (Å²) in [7, 11) is 3.19. The lowest BCUT2D eigenvalue weighted by Gasteiger charge is -2.25. The van der Waals surface area contributed by atoms with Crippen LogP contribution in [0, 0.1) is 5.82 Å². The van der Waals surface area contributed by atoms with E-state index in [1.807, 2.05) is 48.5 Å². The van der Waals surface area contributed by atoms with Crippen molar-refractivity contribution in [3.05, 3.63) is 77.7 Å². The molecule has 0 atom stereocenters. The molecule has 8 heteroatoms. The molecule has 1 amide bonds. The van der Waals surface area contributed by atoms with Gasteiger partial charge in [0.15, 0.2) is 17.4 Å². The maximum Gasteiger partial charge on any atom is 0.410 e. The van der Waals surface area contributed by atoms with Crippen LogP contribution in [0.5, 0.6) is 17.2 Å². The number of ether oxygens (including phenoxy) is 3. The largest absolute Gasteiger partial charge is 0.497 e. The van der Waals surface area contributed by atoms with Crippen molar-refractivity contribution >= 4 is 11.9 Å². The number of halogens is 1. The molecule has 30 heavy (non-hydrogen) atoms. The van der Waals surface area contributed by atoms with Crippen molar-refractivity contribution < 1.29 is 23.4 Å². The lowest BCUT2D eigenvalue weighted by molar-refractivity contribution is 0.210. The zero-order chi connectivity index (χ0) is 21.5. The molecule has 2 aromatic carbocycles. The highest BCUT2D eigenvalue weighted by Gasteiger charge is 2.17. The minimum absolute atomic E-state index is 0.0578. The molecule has 0 saturated heterocycles. The zero-order valence-electron chi connectivity index (χ0n) is 16.7. The lowest BCUT2D eigenvalue weighted by atomic mass is 10.1. The second-order valence-electron chi connectivity index (χ2n) is 6.45. The summed E-state index contributed by atoms with van der Waals surface area (Å²) in [6.07, 6.45) is 0.232. The maximum absolute atomic E-state index is 14.8. The standard InChI is InChI=1S/C22H22FN3O4/c1-28-17-7-3-15(4-8-17)13-26(14-16-5-9-18(29-2)10-6-16)21-20(23)11-19(12-25-21)30-22(24)27/h3-12H,13-14H2,1-2H3,(H2,24,27). The Morgan fingerprint density at radius 2 is 1.43 bits per heavy atom. The van der Waals surface area contributed by atoms with Crippen LogP contribution in [0.15, 0.2) is 60.8 Å². The molecule has 0 bridgehead atoms. The van der Waals surface area contributed by atoms with E-state index in [-0.39, 0.29) is 11.6 Å². The smallest absolute Gasteiger partial charge is 0.410 e. The van der Waals surface area contributed by atoms with E-state index < -0.39 is 11.9 Å². The Morgan fingerprint density at radius 1 is 0.933 bits per heavy atom. The number of hydrogen-bond acceptors (Lipinski definition) is 6. The van der Waals surface area contributed by atoms with Crippen molar-refractivity contribution in [3.63, 3.8) is 0 Å². The number of primary amides is 1. The number of rotatable bonds is 8. The predicted molar refractivity (Wildman–Crippen MR) is 110 cm³/mol. The molecule has 1 heterocycles. The van der Waals surface area contributed by atoms with Gasteiger partial charge in [-0.25, -0.2) is 14.2 Å². The minimum Gasteiger partial charge on any atom is -0.497 e. The minimum atomic E-state index is -1.03. The fourth-order valence-corrected chi connectivity index (χ4v) is 2.93. The van der Waals surface area contributed by atoms with Gasteiger partial charge in [-0.15, -0.1) is 0 Å². The SMILES string of the molecule is COc1ccc(CN(Cc2ccc(OC)cc2)c2ncc(OC(N)=O)cc2F)cc1. The van der Waals surface area contributed by atoms with Crippen LogP contribution in [0.25, 0.3) is 0 Å². The van der Waals surface area contributed by atoms with Gasteiger partial charge in [0.2, 0.25) is 0 Å². The normalized spacial score (nSPS) is 10.4. The van der Waals surface area contributed by atoms with E-state index >= 15 is 0 Å². The van der Waals surface area contributed by atoms with Crippen LogP contribution in [-0.2, 0) is 13.1 Å². The Hall–Kier alpha value is -3.81. The van der Waals surface area contributed by atoms with Gasteiger partial charge in [0.1, 0.15) is 11.5 Å². The van der Waals surface area contributed by atoms with E-state index in [4.69, 9.17) is 19.9 Å². The molecule has 0 radical (unpaired) electrons. The highest BCUT2D eigenvalue weighted by molar-refractivity contribution is 5.68. The maximum atomic E-state index is 14.8. The van der Waals surface area contributed by atoms with Gasteiger partial charge in [-0.3, -0.25) is 0 Å². The molecule has 3 rings (SSSR count). The van der Waals surface area contributed by atoms with Crippen LogP contribution in [0.1, 0.15) is 11.1 Å². The molecule has 7 nitrogen and oxygen atoms in total. The van der Waals surface area contributed by atoms with Crippen LogP contribution in [0.3, 0.4) is 0 Å². The number of aromatic nitrogens is 1. The molecular formula is C22H22FN3O4. The summed E-state index contributed by atoms with van der Waals surface area (Å²) in [5, 5.41) is 0. The highest BCUT2D eigenvalue weighted by atomic mass is 19.1. The van der Waals surface area contributed by atoms with Crippen molar-refractivity contribution in [1.82, 2.24) is 4.98 Å². The van der Waals surface area contributed by atoms with Crippen molar-refractivity contribution in [1.29, 1.82) is 0 Å². The number of hydrogen-bond donors (Lipinski definition) is 1. The highest BCUT2D eigenvalue weighted by Crippen LogP contribution is 2.25. The quantitative estimate of drug-likeness (QED) is 0.605. The average molecular weight is 411 g/mol.